The van der Waals surface area contributed by atoms with Gasteiger partial charge in [0.1, 0.15) is 0 Å². The van der Waals surface area contributed by atoms with E-state index in [-0.39, 0.29) is 6.54 Å². The highest BCUT2D eigenvalue weighted by atomic mass is 16.2. The minimum atomic E-state index is -0.541. The summed E-state index contributed by atoms with van der Waals surface area (Å²) in [6.07, 6.45) is 3.61. The summed E-state index contributed by atoms with van der Waals surface area (Å²) in [5.74, 6) is -0.330. The Bertz CT molecular complexity index is 439. The first-order chi connectivity index (χ1) is 9.16. The maximum atomic E-state index is 11.9. The second-order valence-electron chi connectivity index (χ2n) is 4.98. The van der Waals surface area contributed by atoms with Crippen LogP contribution in [-0.2, 0) is 16.1 Å². The fourth-order valence-corrected chi connectivity index (χ4v) is 2.10. The highest BCUT2D eigenvalue weighted by molar-refractivity contribution is 6.34. The third kappa shape index (κ3) is 3.77. The minimum Gasteiger partial charge on any atom is -0.342 e. The van der Waals surface area contributed by atoms with Gasteiger partial charge in [0.05, 0.1) is 12.2 Å². The molecule has 1 N–H and O–H groups in total. The molecule has 0 atom stereocenters. The zero-order chi connectivity index (χ0) is 13.7. The van der Waals surface area contributed by atoms with Crippen molar-refractivity contribution < 1.29 is 9.59 Å². The average molecular weight is 261 g/mol. The van der Waals surface area contributed by atoms with Crippen LogP contribution in [0.4, 0.5) is 0 Å². The number of piperidine rings is 1. The van der Waals surface area contributed by atoms with Crippen LogP contribution in [0.25, 0.3) is 0 Å². The van der Waals surface area contributed by atoms with Crippen molar-refractivity contribution in [2.24, 2.45) is 5.92 Å². The molecular formula is C14H19N3O2. The smallest absolute Gasteiger partial charge is 0.311 e. The average Bonchev–Trinajstić information content (AvgIpc) is 2.46. The molecule has 2 amide bonds. The van der Waals surface area contributed by atoms with Gasteiger partial charge in [-0.1, -0.05) is 13.0 Å². The molecule has 19 heavy (non-hydrogen) atoms. The normalized spacial score (nSPS) is 16.2. The third-order valence-corrected chi connectivity index (χ3v) is 3.42. The number of carbonyl (C=O) groups is 2. The Labute approximate surface area is 113 Å². The summed E-state index contributed by atoms with van der Waals surface area (Å²) in [5, 5.41) is 2.61. The molecule has 1 fully saturated rings. The highest BCUT2D eigenvalue weighted by Crippen LogP contribution is 2.15. The van der Waals surface area contributed by atoms with Crippen molar-refractivity contribution in [3.63, 3.8) is 0 Å². The maximum absolute atomic E-state index is 11.9. The van der Waals surface area contributed by atoms with Gasteiger partial charge in [0.2, 0.25) is 0 Å². The third-order valence-electron chi connectivity index (χ3n) is 3.42. The molecule has 5 heteroatoms. The van der Waals surface area contributed by atoms with E-state index in [0.29, 0.717) is 19.0 Å². The Morgan fingerprint density at radius 3 is 2.74 bits per heavy atom. The fraction of sp³-hybridized carbons (Fsp3) is 0.500. The topological polar surface area (TPSA) is 62.3 Å². The van der Waals surface area contributed by atoms with E-state index in [2.05, 4.69) is 17.2 Å². The summed E-state index contributed by atoms with van der Waals surface area (Å²) >= 11 is 0. The largest absolute Gasteiger partial charge is 0.342 e. The van der Waals surface area contributed by atoms with Crippen molar-refractivity contribution >= 4 is 11.8 Å². The summed E-state index contributed by atoms with van der Waals surface area (Å²) in [5.41, 5.74) is 0.746. The monoisotopic (exact) mass is 261 g/mol. The lowest BCUT2D eigenvalue weighted by molar-refractivity contribution is -0.146. The summed E-state index contributed by atoms with van der Waals surface area (Å²) < 4.78 is 0. The number of likely N-dealkylation sites (tertiary alicyclic amines) is 1. The Kier molecular flexibility index (Phi) is 4.49. The number of pyridine rings is 1. The summed E-state index contributed by atoms with van der Waals surface area (Å²) in [4.78, 5) is 29.4. The van der Waals surface area contributed by atoms with Crippen molar-refractivity contribution in [1.29, 1.82) is 0 Å². The molecule has 1 saturated heterocycles. The second kappa shape index (κ2) is 6.31. The molecule has 2 heterocycles. The SMILES string of the molecule is CC1CCN(C(=O)C(=O)NCc2ccccn2)CC1. The lowest BCUT2D eigenvalue weighted by Crippen LogP contribution is -2.46. The van der Waals surface area contributed by atoms with Crippen molar-refractivity contribution in [3.8, 4) is 0 Å². The van der Waals surface area contributed by atoms with Gasteiger partial charge in [0.25, 0.3) is 0 Å². The molecule has 102 valence electrons. The van der Waals surface area contributed by atoms with Gasteiger partial charge in [-0.2, -0.15) is 0 Å². The molecular weight excluding hydrogens is 242 g/mol. The number of nitrogens with zero attached hydrogens (tertiary/aromatic N) is 2. The molecule has 0 saturated carbocycles. The molecule has 1 aliphatic rings. The quantitative estimate of drug-likeness (QED) is 0.806. The Morgan fingerprint density at radius 2 is 2.11 bits per heavy atom. The van der Waals surface area contributed by atoms with Gasteiger partial charge < -0.3 is 10.2 Å². The number of aromatic nitrogens is 1. The molecule has 1 aromatic heterocycles. The number of rotatable bonds is 2. The van der Waals surface area contributed by atoms with Crippen molar-refractivity contribution in [1.82, 2.24) is 15.2 Å². The van der Waals surface area contributed by atoms with E-state index < -0.39 is 11.8 Å². The molecule has 2 rings (SSSR count). The molecule has 0 aliphatic carbocycles. The molecule has 0 spiro atoms. The van der Waals surface area contributed by atoms with E-state index in [0.717, 1.165) is 18.5 Å². The van der Waals surface area contributed by atoms with E-state index in [1.54, 1.807) is 11.1 Å². The van der Waals surface area contributed by atoms with Crippen LogP contribution in [0.15, 0.2) is 24.4 Å². The van der Waals surface area contributed by atoms with Crippen LogP contribution < -0.4 is 5.32 Å². The lowest BCUT2D eigenvalue weighted by Gasteiger charge is -2.29. The van der Waals surface area contributed by atoms with Crippen LogP contribution >= 0.6 is 0 Å². The van der Waals surface area contributed by atoms with Crippen molar-refractivity contribution in [2.75, 3.05) is 13.1 Å². The zero-order valence-corrected chi connectivity index (χ0v) is 11.1. The lowest BCUT2D eigenvalue weighted by atomic mass is 9.99. The van der Waals surface area contributed by atoms with Gasteiger partial charge in [-0.25, -0.2) is 0 Å². The van der Waals surface area contributed by atoms with E-state index >= 15 is 0 Å². The predicted octanol–water partition coefficient (Wildman–Crippen LogP) is 0.956. The predicted molar refractivity (Wildman–Crippen MR) is 71.1 cm³/mol. The van der Waals surface area contributed by atoms with Crippen LogP contribution in [0.5, 0.6) is 0 Å². The van der Waals surface area contributed by atoms with E-state index in [1.807, 2.05) is 18.2 Å². The number of carbonyl (C=O) groups excluding carboxylic acids is 2. The van der Waals surface area contributed by atoms with Crippen LogP contribution in [-0.4, -0.2) is 34.8 Å². The summed E-state index contributed by atoms with van der Waals surface area (Å²) in [6, 6.07) is 5.47. The van der Waals surface area contributed by atoms with E-state index in [1.165, 1.54) is 0 Å². The fourth-order valence-electron chi connectivity index (χ4n) is 2.10. The first-order valence-electron chi connectivity index (χ1n) is 6.64. The van der Waals surface area contributed by atoms with Gasteiger partial charge in [0, 0.05) is 19.3 Å². The first kappa shape index (κ1) is 13.5. The summed E-state index contributed by atoms with van der Waals surface area (Å²) in [7, 11) is 0. The molecule has 0 aromatic carbocycles. The van der Waals surface area contributed by atoms with Crippen LogP contribution in [0.2, 0.25) is 0 Å². The Hall–Kier alpha value is -1.91. The second-order valence-corrected chi connectivity index (χ2v) is 4.98. The van der Waals surface area contributed by atoms with Crippen molar-refractivity contribution in [2.45, 2.75) is 26.3 Å². The van der Waals surface area contributed by atoms with E-state index in [9.17, 15) is 9.59 Å². The number of hydrogen-bond acceptors (Lipinski definition) is 3. The van der Waals surface area contributed by atoms with Gasteiger partial charge in [-0.15, -0.1) is 0 Å². The van der Waals surface area contributed by atoms with Crippen LogP contribution in [0, 0.1) is 5.92 Å². The minimum absolute atomic E-state index is 0.287. The van der Waals surface area contributed by atoms with Gasteiger partial charge >= 0.3 is 11.8 Å². The molecule has 1 aromatic rings. The maximum Gasteiger partial charge on any atom is 0.311 e. The first-order valence-corrected chi connectivity index (χ1v) is 6.64. The van der Waals surface area contributed by atoms with Crippen molar-refractivity contribution in [3.05, 3.63) is 30.1 Å². The number of nitrogens with one attached hydrogen (secondary N) is 1. The molecule has 1 aliphatic heterocycles. The molecule has 0 unspecified atom stereocenters. The van der Waals surface area contributed by atoms with Gasteiger partial charge in [0.15, 0.2) is 0 Å². The number of amides is 2. The van der Waals surface area contributed by atoms with Gasteiger partial charge in [-0.05, 0) is 30.9 Å². The van der Waals surface area contributed by atoms with E-state index in [4.69, 9.17) is 0 Å². The molecule has 5 nitrogen and oxygen atoms in total. The van der Waals surface area contributed by atoms with Crippen LogP contribution in [0.1, 0.15) is 25.5 Å². The Morgan fingerprint density at radius 1 is 1.37 bits per heavy atom. The molecule has 0 radical (unpaired) electrons. The zero-order valence-electron chi connectivity index (χ0n) is 11.1. The Balaban J connectivity index is 1.81. The standard InChI is InChI=1S/C14H19N3O2/c1-11-5-8-17(9-6-11)14(19)13(18)16-10-12-4-2-3-7-15-12/h2-4,7,11H,5-6,8-10H2,1H3,(H,16,18). The van der Waals surface area contributed by atoms with Crippen LogP contribution in [0.3, 0.4) is 0 Å². The summed E-state index contributed by atoms with van der Waals surface area (Å²) in [6.45, 7) is 3.81. The van der Waals surface area contributed by atoms with Gasteiger partial charge in [-0.3, -0.25) is 14.6 Å². The molecule has 0 bridgehead atoms. The highest BCUT2D eigenvalue weighted by Gasteiger charge is 2.25. The number of hydrogen-bond donors (Lipinski definition) is 1.